The normalized spacial score (nSPS) is 24.4. The van der Waals surface area contributed by atoms with E-state index in [1.54, 1.807) is 0 Å². The van der Waals surface area contributed by atoms with Gasteiger partial charge in [-0.2, -0.15) is 40.5 Å². The molecular weight excluding hydrogens is 390 g/mol. The molecule has 2 fully saturated rings. The highest BCUT2D eigenvalue weighted by molar-refractivity contribution is 7.59. The number of carbonyl (C=O) groups excluding carboxylic acids is 2. The van der Waals surface area contributed by atoms with Crippen molar-refractivity contribution in [2.75, 3.05) is 6.54 Å². The third-order valence-corrected chi connectivity index (χ3v) is 10.4. The van der Waals surface area contributed by atoms with Crippen LogP contribution in [0, 0.1) is 5.92 Å². The first kappa shape index (κ1) is 27.6. The second-order valence-corrected chi connectivity index (χ2v) is 13.1. The molecule has 1 amide bonds. The standard InChI is InChI=1S/C17H31NO3Si.3H2S/c1-17(2,3)22(4,5)21-15(9-11-19)13-8-10-18-14(12-13)6-7-16(18)20;;;/h11,13-15H,6-10,12H2,1-5H3;3*1H2/t13-,14-,15-;;;/m0.../s1. The summed E-state index contributed by atoms with van der Waals surface area (Å²) in [6.07, 6.45) is 5.15. The number of fused-ring (bicyclic) bond motifs is 1. The number of hydrogen-bond donors (Lipinski definition) is 0. The van der Waals surface area contributed by atoms with E-state index in [4.69, 9.17) is 4.43 Å². The van der Waals surface area contributed by atoms with E-state index < -0.39 is 8.32 Å². The van der Waals surface area contributed by atoms with Crippen LogP contribution >= 0.6 is 40.5 Å². The summed E-state index contributed by atoms with van der Waals surface area (Å²) < 4.78 is 6.56. The van der Waals surface area contributed by atoms with Crippen LogP contribution in [0.4, 0.5) is 0 Å². The fourth-order valence-electron chi connectivity index (χ4n) is 3.44. The average molecular weight is 428 g/mol. The Morgan fingerprint density at radius 2 is 1.84 bits per heavy atom. The minimum absolute atomic E-state index is 0. The molecule has 0 unspecified atom stereocenters. The van der Waals surface area contributed by atoms with E-state index in [0.29, 0.717) is 30.7 Å². The smallest absolute Gasteiger partial charge is 0.222 e. The first-order valence-electron chi connectivity index (χ1n) is 8.56. The molecule has 8 heteroatoms. The van der Waals surface area contributed by atoms with Crippen LogP contribution in [0.1, 0.15) is 52.9 Å². The van der Waals surface area contributed by atoms with Crippen molar-refractivity contribution in [2.24, 2.45) is 5.92 Å². The number of nitrogens with zero attached hydrogens (tertiary/aromatic N) is 1. The van der Waals surface area contributed by atoms with Gasteiger partial charge in [0.15, 0.2) is 8.32 Å². The molecule has 0 saturated carbocycles. The highest BCUT2D eigenvalue weighted by Crippen LogP contribution is 2.41. The van der Waals surface area contributed by atoms with Gasteiger partial charge in [0.25, 0.3) is 0 Å². The fraction of sp³-hybridized carbons (Fsp3) is 0.882. The van der Waals surface area contributed by atoms with Gasteiger partial charge in [-0.15, -0.1) is 0 Å². The largest absolute Gasteiger partial charge is 0.413 e. The van der Waals surface area contributed by atoms with Crippen LogP contribution in [-0.4, -0.2) is 44.1 Å². The molecule has 2 aliphatic rings. The minimum atomic E-state index is -1.88. The van der Waals surface area contributed by atoms with E-state index >= 15 is 0 Å². The first-order chi connectivity index (χ1) is 10.2. The van der Waals surface area contributed by atoms with Gasteiger partial charge in [0.1, 0.15) is 6.29 Å². The Morgan fingerprint density at radius 1 is 1.24 bits per heavy atom. The maximum Gasteiger partial charge on any atom is 0.222 e. The third-order valence-electron chi connectivity index (χ3n) is 5.87. The molecule has 150 valence electrons. The molecular formula is C17H37NO3S3Si. The van der Waals surface area contributed by atoms with Gasteiger partial charge in [-0.3, -0.25) is 4.79 Å². The van der Waals surface area contributed by atoms with Crippen LogP contribution in [0.5, 0.6) is 0 Å². The van der Waals surface area contributed by atoms with Crippen LogP contribution < -0.4 is 0 Å². The summed E-state index contributed by atoms with van der Waals surface area (Å²) in [6.45, 7) is 12.0. The van der Waals surface area contributed by atoms with Crippen molar-refractivity contribution in [3.05, 3.63) is 0 Å². The number of carbonyl (C=O) groups is 2. The van der Waals surface area contributed by atoms with E-state index in [9.17, 15) is 9.59 Å². The summed E-state index contributed by atoms with van der Waals surface area (Å²) in [7, 11) is -1.88. The van der Waals surface area contributed by atoms with Gasteiger partial charge in [-0.25, -0.2) is 0 Å². The van der Waals surface area contributed by atoms with Crippen molar-refractivity contribution in [1.82, 2.24) is 4.90 Å². The van der Waals surface area contributed by atoms with Gasteiger partial charge in [0, 0.05) is 25.4 Å². The molecule has 0 aliphatic carbocycles. The lowest BCUT2D eigenvalue weighted by molar-refractivity contribution is -0.131. The summed E-state index contributed by atoms with van der Waals surface area (Å²) >= 11 is 0. The van der Waals surface area contributed by atoms with E-state index in [0.717, 1.165) is 32.1 Å². The van der Waals surface area contributed by atoms with Crippen LogP contribution in [0.15, 0.2) is 0 Å². The number of hydrogen-bond acceptors (Lipinski definition) is 3. The van der Waals surface area contributed by atoms with Gasteiger partial charge in [0.05, 0.1) is 6.10 Å². The van der Waals surface area contributed by atoms with Crippen molar-refractivity contribution in [3.63, 3.8) is 0 Å². The quantitative estimate of drug-likeness (QED) is 0.496. The number of piperidine rings is 1. The van der Waals surface area contributed by atoms with Gasteiger partial charge in [-0.05, 0) is 43.3 Å². The Kier molecular flexibility index (Phi) is 11.7. The zero-order chi connectivity index (χ0) is 16.5. The lowest BCUT2D eigenvalue weighted by atomic mass is 9.86. The second-order valence-electron chi connectivity index (χ2n) is 8.38. The predicted octanol–water partition coefficient (Wildman–Crippen LogP) is 3.71. The molecule has 2 aliphatic heterocycles. The van der Waals surface area contributed by atoms with Crippen LogP contribution in [-0.2, 0) is 14.0 Å². The number of amides is 1. The molecule has 2 rings (SSSR count). The van der Waals surface area contributed by atoms with E-state index in [1.807, 2.05) is 4.90 Å². The molecule has 2 saturated heterocycles. The molecule has 0 radical (unpaired) electrons. The highest BCUT2D eigenvalue weighted by Gasteiger charge is 2.43. The highest BCUT2D eigenvalue weighted by atomic mass is 32.1. The second kappa shape index (κ2) is 10.6. The van der Waals surface area contributed by atoms with E-state index in [2.05, 4.69) is 33.9 Å². The van der Waals surface area contributed by atoms with E-state index in [-0.39, 0.29) is 51.6 Å². The Morgan fingerprint density at radius 3 is 2.36 bits per heavy atom. The summed E-state index contributed by atoms with van der Waals surface area (Å²) in [5.41, 5.74) is 0. The van der Waals surface area contributed by atoms with Crippen LogP contribution in [0.2, 0.25) is 18.1 Å². The maximum absolute atomic E-state index is 11.8. The van der Waals surface area contributed by atoms with E-state index in [1.165, 1.54) is 0 Å². The molecule has 0 aromatic rings. The molecule has 4 nitrogen and oxygen atoms in total. The van der Waals surface area contributed by atoms with Gasteiger partial charge in [0.2, 0.25) is 5.91 Å². The van der Waals surface area contributed by atoms with Gasteiger partial charge >= 0.3 is 0 Å². The Labute approximate surface area is 175 Å². The fourth-order valence-corrected chi connectivity index (χ4v) is 4.84. The van der Waals surface area contributed by atoms with Crippen molar-refractivity contribution in [2.45, 2.75) is 83.2 Å². The summed E-state index contributed by atoms with van der Waals surface area (Å²) in [6, 6.07) is 0.378. The lowest BCUT2D eigenvalue weighted by Gasteiger charge is -2.44. The molecule has 0 bridgehead atoms. The average Bonchev–Trinajstić information content (AvgIpc) is 2.78. The zero-order valence-corrected chi connectivity index (χ0v) is 20.2. The molecule has 0 N–H and O–H groups in total. The molecule has 0 aromatic heterocycles. The van der Waals surface area contributed by atoms with Crippen molar-refractivity contribution >= 4 is 61.0 Å². The van der Waals surface area contributed by atoms with Gasteiger partial charge in [-0.1, -0.05) is 20.8 Å². The SMILES string of the molecule is CC(C)(C)[Si](C)(C)O[C@@H](CC=O)[C@H]1CCN2C(=O)CC[C@H]2C1.S.S.S. The topological polar surface area (TPSA) is 46.6 Å². The summed E-state index contributed by atoms with van der Waals surface area (Å²) in [5, 5.41) is 0.151. The number of aldehydes is 1. The minimum Gasteiger partial charge on any atom is -0.413 e. The molecule has 25 heavy (non-hydrogen) atoms. The Hall–Kier alpha value is 0.367. The molecule has 0 spiro atoms. The molecule has 2 heterocycles. The van der Waals surface area contributed by atoms with Gasteiger partial charge < -0.3 is 14.1 Å². The Bertz CT molecular complexity index is 443. The summed E-state index contributed by atoms with van der Waals surface area (Å²) in [4.78, 5) is 25.0. The maximum atomic E-state index is 11.8. The zero-order valence-electron chi connectivity index (χ0n) is 16.2. The Balaban J connectivity index is 0. The first-order valence-corrected chi connectivity index (χ1v) is 11.5. The lowest BCUT2D eigenvalue weighted by Crippen LogP contribution is -2.49. The summed E-state index contributed by atoms with van der Waals surface area (Å²) in [5.74, 6) is 0.715. The number of rotatable bonds is 5. The van der Waals surface area contributed by atoms with Crippen molar-refractivity contribution in [3.8, 4) is 0 Å². The van der Waals surface area contributed by atoms with Crippen LogP contribution in [0.25, 0.3) is 0 Å². The van der Waals surface area contributed by atoms with Crippen LogP contribution in [0.3, 0.4) is 0 Å². The predicted molar refractivity (Wildman–Crippen MR) is 121 cm³/mol. The molecule has 3 atom stereocenters. The third kappa shape index (κ3) is 6.48. The monoisotopic (exact) mass is 427 g/mol. The van der Waals surface area contributed by atoms with Crippen molar-refractivity contribution < 1.29 is 14.0 Å². The van der Waals surface area contributed by atoms with Crippen molar-refractivity contribution in [1.29, 1.82) is 0 Å². The molecule has 0 aromatic carbocycles.